The number of aryl methyl sites for hydroxylation is 4. The van der Waals surface area contributed by atoms with Gasteiger partial charge in [0.1, 0.15) is 12.4 Å². The van der Waals surface area contributed by atoms with Crippen molar-refractivity contribution in [3.05, 3.63) is 77.1 Å². The minimum atomic E-state index is -0.0693. The number of benzene rings is 2. The fourth-order valence-corrected chi connectivity index (χ4v) is 4.28. The van der Waals surface area contributed by atoms with E-state index in [0.717, 1.165) is 40.1 Å². The number of carbonyl (C=O) groups excluding carboxylic acids is 1. The Bertz CT molecular complexity index is 1090. The molecule has 2 aromatic carbocycles. The minimum absolute atomic E-state index is 0.0693. The Morgan fingerprint density at radius 2 is 1.94 bits per heavy atom. The lowest BCUT2D eigenvalue weighted by Crippen LogP contribution is -2.17. The number of anilines is 1. The Morgan fingerprint density at radius 1 is 1.19 bits per heavy atom. The minimum Gasteiger partial charge on any atom is -0.486 e. The molecule has 1 N–H and O–H groups in total. The number of aromatic nitrogens is 3. The van der Waals surface area contributed by atoms with E-state index in [-0.39, 0.29) is 11.7 Å². The second kappa shape index (κ2) is 11.0. The number of ether oxygens (including phenoxy) is 1. The summed E-state index contributed by atoms with van der Waals surface area (Å²) in [4.78, 5) is 12.6. The van der Waals surface area contributed by atoms with E-state index in [1.807, 2.05) is 55.7 Å². The number of amides is 1. The van der Waals surface area contributed by atoms with Crippen molar-refractivity contribution in [1.82, 2.24) is 14.8 Å². The van der Waals surface area contributed by atoms with Gasteiger partial charge in [0.2, 0.25) is 5.91 Å². The average molecular weight is 451 g/mol. The molecule has 1 aromatic heterocycles. The Kier molecular flexibility index (Phi) is 8.11. The van der Waals surface area contributed by atoms with Crippen molar-refractivity contribution < 1.29 is 9.53 Å². The summed E-state index contributed by atoms with van der Waals surface area (Å²) >= 11 is 1.36. The van der Waals surface area contributed by atoms with Gasteiger partial charge in [-0.05, 0) is 61.6 Å². The van der Waals surface area contributed by atoms with Crippen LogP contribution in [0, 0.1) is 20.8 Å². The zero-order valence-electron chi connectivity index (χ0n) is 19.1. The molecule has 0 saturated heterocycles. The van der Waals surface area contributed by atoms with Crippen molar-refractivity contribution in [2.45, 2.75) is 52.4 Å². The molecule has 1 heterocycles. The van der Waals surface area contributed by atoms with Crippen LogP contribution in [0.2, 0.25) is 0 Å². The van der Waals surface area contributed by atoms with Crippen LogP contribution in [0.1, 0.15) is 35.0 Å². The topological polar surface area (TPSA) is 69.0 Å². The van der Waals surface area contributed by atoms with Crippen LogP contribution < -0.4 is 10.1 Å². The van der Waals surface area contributed by atoms with E-state index >= 15 is 0 Å². The first-order chi connectivity index (χ1) is 15.4. The van der Waals surface area contributed by atoms with Crippen molar-refractivity contribution in [1.29, 1.82) is 0 Å². The van der Waals surface area contributed by atoms with Crippen molar-refractivity contribution in [3.63, 3.8) is 0 Å². The first-order valence-electron chi connectivity index (χ1n) is 10.7. The number of hydrogen-bond donors (Lipinski definition) is 1. The molecule has 0 aliphatic carbocycles. The van der Waals surface area contributed by atoms with Gasteiger partial charge in [-0.2, -0.15) is 0 Å². The van der Waals surface area contributed by atoms with Gasteiger partial charge in [0.15, 0.2) is 11.0 Å². The van der Waals surface area contributed by atoms with Crippen LogP contribution in [0.15, 0.2) is 54.2 Å². The molecule has 0 aliphatic heterocycles. The molecule has 0 unspecified atom stereocenters. The highest BCUT2D eigenvalue weighted by molar-refractivity contribution is 7.99. The van der Waals surface area contributed by atoms with Crippen LogP contribution in [-0.2, 0) is 24.4 Å². The third kappa shape index (κ3) is 6.01. The van der Waals surface area contributed by atoms with Crippen LogP contribution in [0.3, 0.4) is 0 Å². The molecule has 7 heteroatoms. The first-order valence-corrected chi connectivity index (χ1v) is 11.6. The van der Waals surface area contributed by atoms with E-state index < -0.39 is 0 Å². The molecule has 0 radical (unpaired) electrons. The summed E-state index contributed by atoms with van der Waals surface area (Å²) in [6.45, 7) is 12.8. The van der Waals surface area contributed by atoms with Gasteiger partial charge in [-0.1, -0.05) is 49.0 Å². The molecule has 3 aromatic rings. The molecule has 3 rings (SSSR count). The molecular weight excluding hydrogens is 420 g/mol. The smallest absolute Gasteiger partial charge is 0.234 e. The van der Waals surface area contributed by atoms with E-state index in [1.54, 1.807) is 6.08 Å². The SMILES string of the molecule is C=CCn1c(COc2cc(C)cc(C)c2)nnc1SCC(=O)Nc1c(C)cccc1CC. The summed E-state index contributed by atoms with van der Waals surface area (Å²) in [5, 5.41) is 12.3. The fourth-order valence-electron chi connectivity index (χ4n) is 3.52. The number of hydrogen-bond acceptors (Lipinski definition) is 5. The lowest BCUT2D eigenvalue weighted by molar-refractivity contribution is -0.113. The molecule has 0 saturated carbocycles. The molecular formula is C25H30N4O2S. The van der Waals surface area contributed by atoms with E-state index in [9.17, 15) is 4.79 Å². The second-order valence-corrected chi connectivity index (χ2v) is 8.65. The van der Waals surface area contributed by atoms with Crippen LogP contribution in [-0.4, -0.2) is 26.4 Å². The van der Waals surface area contributed by atoms with Gasteiger partial charge in [-0.3, -0.25) is 9.36 Å². The van der Waals surface area contributed by atoms with E-state index in [2.05, 4.69) is 35.1 Å². The number of nitrogens with zero attached hydrogens (tertiary/aromatic N) is 3. The van der Waals surface area contributed by atoms with Gasteiger partial charge in [-0.25, -0.2) is 0 Å². The molecule has 0 atom stereocenters. The van der Waals surface area contributed by atoms with E-state index in [1.165, 1.54) is 11.8 Å². The Labute approximate surface area is 194 Å². The summed E-state index contributed by atoms with van der Waals surface area (Å²) in [5.74, 6) is 1.67. The van der Waals surface area contributed by atoms with Crippen LogP contribution in [0.4, 0.5) is 5.69 Å². The average Bonchev–Trinajstić information content (AvgIpc) is 3.13. The normalized spacial score (nSPS) is 10.8. The molecule has 32 heavy (non-hydrogen) atoms. The fraction of sp³-hybridized carbons (Fsp3) is 0.320. The summed E-state index contributed by atoms with van der Waals surface area (Å²) in [5.41, 5.74) is 5.38. The van der Waals surface area contributed by atoms with E-state index in [4.69, 9.17) is 4.74 Å². The predicted octanol–water partition coefficient (Wildman–Crippen LogP) is 5.26. The van der Waals surface area contributed by atoms with Crippen molar-refractivity contribution in [2.75, 3.05) is 11.1 Å². The van der Waals surface area contributed by atoms with Gasteiger partial charge in [0, 0.05) is 12.2 Å². The summed E-state index contributed by atoms with van der Waals surface area (Å²) in [7, 11) is 0. The Balaban J connectivity index is 1.66. The highest BCUT2D eigenvalue weighted by Gasteiger charge is 2.15. The van der Waals surface area contributed by atoms with Crippen LogP contribution in [0.25, 0.3) is 0 Å². The van der Waals surface area contributed by atoms with Crippen LogP contribution in [0.5, 0.6) is 5.75 Å². The molecule has 0 bridgehead atoms. The standard InChI is InChI=1S/C25H30N4O2S/c1-6-11-29-22(15-31-21-13-17(3)12-18(4)14-21)27-28-25(29)32-16-23(30)26-24-19(5)9-8-10-20(24)7-2/h6,8-10,12-14H,1,7,11,15-16H2,2-5H3,(H,26,30). The molecule has 6 nitrogen and oxygen atoms in total. The maximum absolute atomic E-state index is 12.6. The predicted molar refractivity (Wildman–Crippen MR) is 130 cm³/mol. The van der Waals surface area contributed by atoms with Crippen LogP contribution >= 0.6 is 11.8 Å². The number of nitrogens with one attached hydrogen (secondary N) is 1. The zero-order chi connectivity index (χ0) is 23.1. The largest absolute Gasteiger partial charge is 0.486 e. The third-order valence-electron chi connectivity index (χ3n) is 5.01. The number of allylic oxidation sites excluding steroid dienone is 1. The Morgan fingerprint density at radius 3 is 2.62 bits per heavy atom. The van der Waals surface area contributed by atoms with Gasteiger partial charge in [-0.15, -0.1) is 16.8 Å². The second-order valence-electron chi connectivity index (χ2n) is 7.71. The van der Waals surface area contributed by atoms with E-state index in [0.29, 0.717) is 24.1 Å². The number of carbonyl (C=O) groups is 1. The van der Waals surface area contributed by atoms with Gasteiger partial charge < -0.3 is 10.1 Å². The summed E-state index contributed by atoms with van der Waals surface area (Å²) in [6.07, 6.45) is 2.65. The Hall–Kier alpha value is -3.06. The summed E-state index contributed by atoms with van der Waals surface area (Å²) in [6, 6.07) is 12.2. The maximum Gasteiger partial charge on any atom is 0.234 e. The van der Waals surface area contributed by atoms with Crippen molar-refractivity contribution in [3.8, 4) is 5.75 Å². The van der Waals surface area contributed by atoms with Crippen molar-refractivity contribution >= 4 is 23.4 Å². The van der Waals surface area contributed by atoms with Gasteiger partial charge >= 0.3 is 0 Å². The highest BCUT2D eigenvalue weighted by atomic mass is 32.2. The number of para-hydroxylation sites is 1. The lowest BCUT2D eigenvalue weighted by Gasteiger charge is -2.13. The molecule has 1 amide bonds. The zero-order valence-corrected chi connectivity index (χ0v) is 20.0. The quantitative estimate of drug-likeness (QED) is 0.337. The van der Waals surface area contributed by atoms with Gasteiger partial charge in [0.05, 0.1) is 5.75 Å². The number of thioether (sulfide) groups is 1. The first kappa shape index (κ1) is 23.6. The monoisotopic (exact) mass is 450 g/mol. The lowest BCUT2D eigenvalue weighted by atomic mass is 10.1. The highest BCUT2D eigenvalue weighted by Crippen LogP contribution is 2.23. The third-order valence-corrected chi connectivity index (χ3v) is 5.97. The number of rotatable bonds is 10. The molecule has 0 spiro atoms. The molecule has 168 valence electrons. The maximum atomic E-state index is 12.6. The molecule has 0 aliphatic rings. The summed E-state index contributed by atoms with van der Waals surface area (Å²) < 4.78 is 7.88. The molecule has 0 fully saturated rings. The van der Waals surface area contributed by atoms with Crippen molar-refractivity contribution in [2.24, 2.45) is 0 Å². The van der Waals surface area contributed by atoms with Gasteiger partial charge in [0.25, 0.3) is 0 Å².